The molecule has 0 bridgehead atoms. The third-order valence-corrected chi connectivity index (χ3v) is 4.73. The molecule has 0 spiro atoms. The number of carbonyl (C=O) groups excluding carboxylic acids is 3. The zero-order valence-electron chi connectivity index (χ0n) is 16.5. The van der Waals surface area contributed by atoms with Gasteiger partial charge >= 0.3 is 0 Å². The summed E-state index contributed by atoms with van der Waals surface area (Å²) in [6, 6.07) is 6.78. The molecule has 1 aromatic heterocycles. The summed E-state index contributed by atoms with van der Waals surface area (Å²) in [5, 5.41) is 5.69. The van der Waals surface area contributed by atoms with Crippen LogP contribution in [0.2, 0.25) is 0 Å². The van der Waals surface area contributed by atoms with Gasteiger partial charge in [-0.15, -0.1) is 0 Å². The highest BCUT2D eigenvalue weighted by molar-refractivity contribution is 6.04. The number of hydrogen-bond donors (Lipinski definition) is 2. The van der Waals surface area contributed by atoms with Gasteiger partial charge in [0.05, 0.1) is 5.69 Å². The smallest absolute Gasteiger partial charge is 0.291 e. The second-order valence-corrected chi connectivity index (χ2v) is 7.53. The molecule has 2 amide bonds. The van der Waals surface area contributed by atoms with Gasteiger partial charge in [0.1, 0.15) is 5.69 Å². The van der Waals surface area contributed by atoms with Crippen molar-refractivity contribution >= 4 is 23.3 Å². The van der Waals surface area contributed by atoms with Gasteiger partial charge in [0.15, 0.2) is 11.6 Å². The van der Waals surface area contributed by atoms with E-state index in [1.54, 1.807) is 24.3 Å². The number of aromatic nitrogens is 2. The van der Waals surface area contributed by atoms with Crippen molar-refractivity contribution in [1.82, 2.24) is 14.9 Å². The molecule has 2 heterocycles. The topological polar surface area (TPSA) is 93.1 Å². The maximum Gasteiger partial charge on any atom is 0.291 e. The molecule has 1 aromatic carbocycles. The number of carbonyl (C=O) groups is 3. The van der Waals surface area contributed by atoms with Crippen LogP contribution in [0, 0.1) is 5.92 Å². The minimum absolute atomic E-state index is 0.0709. The fourth-order valence-electron chi connectivity index (χ4n) is 3.28. The maximum atomic E-state index is 12.9. The minimum atomic E-state index is -0.383. The van der Waals surface area contributed by atoms with Crippen molar-refractivity contribution in [3.05, 3.63) is 47.0 Å². The highest BCUT2D eigenvalue weighted by atomic mass is 16.2. The number of imidazole rings is 1. The van der Waals surface area contributed by atoms with Crippen LogP contribution in [-0.4, -0.2) is 33.7 Å². The second kappa shape index (κ2) is 8.37. The molecule has 2 aromatic rings. The quantitative estimate of drug-likeness (QED) is 0.751. The van der Waals surface area contributed by atoms with E-state index in [0.29, 0.717) is 36.0 Å². The number of nitrogens with one attached hydrogen (secondary N) is 2. The van der Waals surface area contributed by atoms with Crippen molar-refractivity contribution in [2.75, 3.05) is 11.9 Å². The van der Waals surface area contributed by atoms with E-state index in [4.69, 9.17) is 0 Å². The van der Waals surface area contributed by atoms with Crippen LogP contribution >= 0.6 is 0 Å². The minimum Gasteiger partial charge on any atom is -0.350 e. The van der Waals surface area contributed by atoms with E-state index in [2.05, 4.69) is 15.6 Å². The predicted molar refractivity (Wildman–Crippen MR) is 107 cm³/mol. The van der Waals surface area contributed by atoms with E-state index in [9.17, 15) is 14.4 Å². The molecular formula is C21H26N4O3. The molecule has 1 aliphatic rings. The van der Waals surface area contributed by atoms with Crippen LogP contribution in [0.1, 0.15) is 70.8 Å². The van der Waals surface area contributed by atoms with Crippen LogP contribution in [-0.2, 0) is 13.0 Å². The van der Waals surface area contributed by atoms with E-state index >= 15 is 0 Å². The van der Waals surface area contributed by atoms with Crippen LogP contribution in [0.15, 0.2) is 24.3 Å². The van der Waals surface area contributed by atoms with Crippen molar-refractivity contribution in [3.63, 3.8) is 0 Å². The third kappa shape index (κ3) is 4.30. The van der Waals surface area contributed by atoms with E-state index < -0.39 is 0 Å². The highest BCUT2D eigenvalue weighted by Crippen LogP contribution is 2.22. The first-order valence-electron chi connectivity index (χ1n) is 9.66. The summed E-state index contributed by atoms with van der Waals surface area (Å²) in [5.74, 6) is -0.126. The van der Waals surface area contributed by atoms with Crippen LogP contribution in [0.4, 0.5) is 5.69 Å². The Kier molecular flexibility index (Phi) is 5.92. The summed E-state index contributed by atoms with van der Waals surface area (Å²) in [5.41, 5.74) is 2.20. The first-order valence-corrected chi connectivity index (χ1v) is 9.66. The van der Waals surface area contributed by atoms with Crippen molar-refractivity contribution in [2.45, 2.75) is 46.6 Å². The second-order valence-electron chi connectivity index (χ2n) is 7.53. The zero-order valence-corrected chi connectivity index (χ0v) is 16.5. The van der Waals surface area contributed by atoms with Crippen molar-refractivity contribution < 1.29 is 14.4 Å². The van der Waals surface area contributed by atoms with Gasteiger partial charge in [0, 0.05) is 24.3 Å². The highest BCUT2D eigenvalue weighted by Gasteiger charge is 2.27. The fourth-order valence-corrected chi connectivity index (χ4v) is 3.28. The van der Waals surface area contributed by atoms with E-state index in [-0.39, 0.29) is 23.4 Å². The molecule has 28 heavy (non-hydrogen) atoms. The first-order chi connectivity index (χ1) is 13.4. The lowest BCUT2D eigenvalue weighted by Gasteiger charge is -2.17. The molecule has 3 rings (SSSR count). The Labute approximate surface area is 164 Å². The SMILES string of the molecule is CC(=O)c1cccc(NC(=O)c2nc(C(=O)NCC(C)C)c3n2CCCC3)c1. The molecule has 0 fully saturated rings. The largest absolute Gasteiger partial charge is 0.350 e. The van der Waals surface area contributed by atoms with E-state index in [0.717, 1.165) is 25.0 Å². The number of anilines is 1. The average molecular weight is 382 g/mol. The number of ketones is 1. The number of benzene rings is 1. The summed E-state index contributed by atoms with van der Waals surface area (Å²) >= 11 is 0. The first kappa shape index (κ1) is 19.8. The average Bonchev–Trinajstić information content (AvgIpc) is 3.06. The van der Waals surface area contributed by atoms with Crippen LogP contribution < -0.4 is 10.6 Å². The van der Waals surface area contributed by atoms with Crippen molar-refractivity contribution in [3.8, 4) is 0 Å². The Hall–Kier alpha value is -2.96. The Morgan fingerprint density at radius 3 is 2.68 bits per heavy atom. The lowest BCUT2D eigenvalue weighted by Crippen LogP contribution is -2.29. The van der Waals surface area contributed by atoms with Crippen LogP contribution in [0.5, 0.6) is 0 Å². The van der Waals surface area contributed by atoms with Crippen LogP contribution in [0.25, 0.3) is 0 Å². The molecule has 0 saturated carbocycles. The monoisotopic (exact) mass is 382 g/mol. The molecule has 1 aliphatic heterocycles. The molecule has 2 N–H and O–H groups in total. The van der Waals surface area contributed by atoms with Gasteiger partial charge < -0.3 is 15.2 Å². The molecule has 0 aliphatic carbocycles. The normalized spacial score (nSPS) is 13.1. The fraction of sp³-hybridized carbons (Fsp3) is 0.429. The lowest BCUT2D eigenvalue weighted by atomic mass is 10.1. The molecule has 0 radical (unpaired) electrons. The van der Waals surface area contributed by atoms with E-state index in [1.807, 2.05) is 18.4 Å². The summed E-state index contributed by atoms with van der Waals surface area (Å²) in [7, 11) is 0. The van der Waals surface area contributed by atoms with Gasteiger partial charge in [-0.3, -0.25) is 14.4 Å². The molecule has 0 saturated heterocycles. The maximum absolute atomic E-state index is 12.9. The summed E-state index contributed by atoms with van der Waals surface area (Å²) in [6.45, 7) is 6.75. The molecule has 7 nitrogen and oxygen atoms in total. The Balaban J connectivity index is 1.87. The van der Waals surface area contributed by atoms with Gasteiger partial charge in [0.25, 0.3) is 11.8 Å². The number of nitrogens with zero attached hydrogens (tertiary/aromatic N) is 2. The van der Waals surface area contributed by atoms with Crippen molar-refractivity contribution in [2.24, 2.45) is 5.92 Å². The molecule has 7 heteroatoms. The Bertz CT molecular complexity index is 914. The van der Waals surface area contributed by atoms with Crippen molar-refractivity contribution in [1.29, 1.82) is 0 Å². The summed E-state index contributed by atoms with van der Waals surface area (Å²) in [6.07, 6.45) is 2.64. The number of hydrogen-bond acceptors (Lipinski definition) is 4. The van der Waals surface area contributed by atoms with Gasteiger partial charge in [-0.1, -0.05) is 26.0 Å². The number of fused-ring (bicyclic) bond motifs is 1. The predicted octanol–water partition coefficient (Wildman–Crippen LogP) is 3.06. The number of rotatable bonds is 6. The zero-order chi connectivity index (χ0) is 20.3. The van der Waals surface area contributed by atoms with E-state index in [1.165, 1.54) is 6.92 Å². The van der Waals surface area contributed by atoms with Gasteiger partial charge in [-0.25, -0.2) is 4.98 Å². The summed E-state index contributed by atoms with van der Waals surface area (Å²) < 4.78 is 1.85. The molecular weight excluding hydrogens is 356 g/mol. The van der Waals surface area contributed by atoms with Crippen LogP contribution in [0.3, 0.4) is 0 Å². The Morgan fingerprint density at radius 2 is 1.96 bits per heavy atom. The van der Waals surface area contributed by atoms with Gasteiger partial charge in [0.2, 0.25) is 0 Å². The molecule has 148 valence electrons. The number of amides is 2. The Morgan fingerprint density at radius 1 is 1.18 bits per heavy atom. The summed E-state index contributed by atoms with van der Waals surface area (Å²) in [4.78, 5) is 41.4. The standard InChI is InChI=1S/C21H26N4O3/c1-13(2)12-22-20(27)18-17-9-4-5-10-25(17)19(24-18)21(28)23-16-8-6-7-15(11-16)14(3)26/h6-8,11,13H,4-5,9-10,12H2,1-3H3,(H,22,27)(H,23,28). The molecule has 0 atom stereocenters. The lowest BCUT2D eigenvalue weighted by molar-refractivity contribution is 0.0942. The van der Waals surface area contributed by atoms with Gasteiger partial charge in [-0.2, -0.15) is 0 Å². The molecule has 0 unspecified atom stereocenters. The van der Waals surface area contributed by atoms with Gasteiger partial charge in [-0.05, 0) is 44.2 Å². The third-order valence-electron chi connectivity index (χ3n) is 4.73. The number of Topliss-reactive ketones (excluding diaryl/α,β-unsaturated/α-hetero) is 1.